The Morgan fingerprint density at radius 3 is 2.34 bits per heavy atom. The largest absolute Gasteiger partial charge is 0.464 e. The molecule has 11 heteroatoms. The number of nitrogens with one attached hydrogen (secondary N) is 2. The Labute approximate surface area is 197 Å². The van der Waals surface area contributed by atoms with Crippen LogP contribution in [0.25, 0.3) is 0 Å². The fourth-order valence-electron chi connectivity index (χ4n) is 2.81. The summed E-state index contributed by atoms with van der Waals surface area (Å²) in [5.41, 5.74) is 0. The number of thioether (sulfide) groups is 2. The van der Waals surface area contributed by atoms with Crippen molar-refractivity contribution in [3.63, 3.8) is 0 Å². The van der Waals surface area contributed by atoms with Crippen molar-refractivity contribution in [2.24, 2.45) is 4.99 Å². The Kier molecular flexibility index (Phi) is 12.3. The Balaban J connectivity index is 1.64. The zero-order valence-corrected chi connectivity index (χ0v) is 20.6. The maximum atomic E-state index is 10.9. The normalized spacial score (nSPS) is 11.9. The monoisotopic (exact) mass is 483 g/mol. The van der Waals surface area contributed by atoms with Gasteiger partial charge in [0.15, 0.2) is 5.84 Å². The van der Waals surface area contributed by atoms with Gasteiger partial charge in [0.1, 0.15) is 23.0 Å². The van der Waals surface area contributed by atoms with E-state index in [2.05, 4.69) is 20.5 Å². The second-order valence-corrected chi connectivity index (χ2v) is 9.57. The van der Waals surface area contributed by atoms with Gasteiger partial charge in [-0.1, -0.05) is 0 Å². The van der Waals surface area contributed by atoms with Crippen LogP contribution in [0, 0.1) is 10.1 Å². The van der Waals surface area contributed by atoms with Crippen LogP contribution in [-0.2, 0) is 24.6 Å². The predicted octanol–water partition coefficient (Wildman–Crippen LogP) is 3.09. The molecule has 2 rings (SSSR count). The third-order valence-electron chi connectivity index (χ3n) is 4.14. The van der Waals surface area contributed by atoms with E-state index < -0.39 is 0 Å². The first-order valence-electron chi connectivity index (χ1n) is 10.4. The maximum Gasteiger partial charge on any atom is 0.259 e. The molecule has 0 aliphatic rings. The average molecular weight is 484 g/mol. The minimum absolute atomic E-state index is 0.285. The molecule has 0 aliphatic heterocycles. The van der Waals surface area contributed by atoms with Crippen molar-refractivity contribution in [2.45, 2.75) is 24.6 Å². The van der Waals surface area contributed by atoms with Crippen molar-refractivity contribution in [1.82, 2.24) is 15.5 Å². The summed E-state index contributed by atoms with van der Waals surface area (Å²) in [4.78, 5) is 17.0. The minimum atomic E-state index is -0.354. The SMILES string of the molecule is CNCc1ccc(CSCCN=C(C[N+](=O)[O-])NCCSCc2ccc(CN(C)C)o2)o1. The van der Waals surface area contributed by atoms with Gasteiger partial charge in [0, 0.05) is 23.0 Å². The molecule has 0 saturated heterocycles. The van der Waals surface area contributed by atoms with Crippen LogP contribution in [0.1, 0.15) is 23.0 Å². The van der Waals surface area contributed by atoms with E-state index in [4.69, 9.17) is 8.83 Å². The van der Waals surface area contributed by atoms with E-state index >= 15 is 0 Å². The highest BCUT2D eigenvalue weighted by Crippen LogP contribution is 2.16. The van der Waals surface area contributed by atoms with E-state index in [9.17, 15) is 10.1 Å². The van der Waals surface area contributed by atoms with Gasteiger partial charge in [0.2, 0.25) is 0 Å². The first-order valence-corrected chi connectivity index (χ1v) is 12.8. The molecular weight excluding hydrogens is 450 g/mol. The molecule has 9 nitrogen and oxygen atoms in total. The van der Waals surface area contributed by atoms with Crippen LogP contribution in [0.15, 0.2) is 38.1 Å². The number of hydrogen-bond donors (Lipinski definition) is 2. The maximum absolute atomic E-state index is 10.9. The standard InChI is InChI=1S/C21H33N5O4S2/c1-22-12-17-4-6-19(29-17)15-31-10-8-23-21(14-26(27)28)24-9-11-32-16-20-7-5-18(30-20)13-25(2)3/h4-7,22H,8-16H2,1-3H3,(H,23,24). The second kappa shape index (κ2) is 15.0. The highest BCUT2D eigenvalue weighted by Gasteiger charge is 2.08. The number of nitro groups is 1. The molecule has 178 valence electrons. The van der Waals surface area contributed by atoms with Crippen LogP contribution in [0.2, 0.25) is 0 Å². The van der Waals surface area contributed by atoms with Gasteiger partial charge in [-0.05, 0) is 45.4 Å². The number of furan rings is 2. The second-order valence-electron chi connectivity index (χ2n) is 7.36. The molecule has 2 heterocycles. The van der Waals surface area contributed by atoms with Gasteiger partial charge in [0.05, 0.1) is 31.1 Å². The Morgan fingerprint density at radius 1 is 1.06 bits per heavy atom. The van der Waals surface area contributed by atoms with Crippen LogP contribution in [0.3, 0.4) is 0 Å². The van der Waals surface area contributed by atoms with Crippen LogP contribution in [0.5, 0.6) is 0 Å². The van der Waals surface area contributed by atoms with E-state index in [0.29, 0.717) is 25.5 Å². The van der Waals surface area contributed by atoms with Gasteiger partial charge in [0.25, 0.3) is 6.54 Å². The van der Waals surface area contributed by atoms with Crippen molar-refractivity contribution < 1.29 is 13.8 Å². The molecule has 0 bridgehead atoms. The Bertz CT molecular complexity index is 838. The fourth-order valence-corrected chi connectivity index (χ4v) is 4.28. The fraction of sp³-hybridized carbons (Fsp3) is 0.571. The number of hydrogen-bond acceptors (Lipinski definition) is 9. The molecule has 0 radical (unpaired) electrons. The van der Waals surface area contributed by atoms with Crippen molar-refractivity contribution in [3.8, 4) is 0 Å². The quantitative estimate of drug-likeness (QED) is 0.122. The summed E-state index contributed by atoms with van der Waals surface area (Å²) in [5.74, 6) is 7.28. The molecule has 2 N–H and O–H groups in total. The third-order valence-corrected chi connectivity index (χ3v) is 6.08. The summed E-state index contributed by atoms with van der Waals surface area (Å²) in [6.07, 6.45) is 0. The lowest BCUT2D eigenvalue weighted by atomic mass is 10.4. The van der Waals surface area contributed by atoms with E-state index in [-0.39, 0.29) is 11.5 Å². The summed E-state index contributed by atoms with van der Waals surface area (Å²) >= 11 is 3.42. The lowest BCUT2D eigenvalue weighted by molar-refractivity contribution is -0.463. The highest BCUT2D eigenvalue weighted by molar-refractivity contribution is 7.98. The van der Waals surface area contributed by atoms with E-state index in [0.717, 1.165) is 52.6 Å². The van der Waals surface area contributed by atoms with Crippen molar-refractivity contribution in [3.05, 3.63) is 57.4 Å². The first kappa shape index (κ1) is 26.3. The van der Waals surface area contributed by atoms with E-state index in [1.165, 1.54) is 0 Å². The van der Waals surface area contributed by atoms with Gasteiger partial charge >= 0.3 is 0 Å². The van der Waals surface area contributed by atoms with Gasteiger partial charge in [-0.25, -0.2) is 0 Å². The molecule has 2 aromatic heterocycles. The van der Waals surface area contributed by atoms with Gasteiger partial charge < -0.3 is 24.4 Å². The number of aliphatic imine (C=N–C) groups is 1. The zero-order chi connectivity index (χ0) is 23.2. The first-order chi connectivity index (χ1) is 15.5. The number of nitrogens with zero attached hydrogens (tertiary/aromatic N) is 3. The van der Waals surface area contributed by atoms with E-state index in [1.807, 2.05) is 45.4 Å². The summed E-state index contributed by atoms with van der Waals surface area (Å²) in [5, 5.41) is 17.1. The molecule has 32 heavy (non-hydrogen) atoms. The molecular formula is C21H33N5O4S2. The average Bonchev–Trinajstić information content (AvgIpc) is 3.36. The van der Waals surface area contributed by atoms with E-state index in [1.54, 1.807) is 23.5 Å². The van der Waals surface area contributed by atoms with Crippen molar-refractivity contribution in [1.29, 1.82) is 0 Å². The topological polar surface area (TPSA) is 109 Å². The molecule has 0 amide bonds. The lowest BCUT2D eigenvalue weighted by Crippen LogP contribution is -2.32. The molecule has 0 unspecified atom stereocenters. The highest BCUT2D eigenvalue weighted by atomic mass is 32.2. The van der Waals surface area contributed by atoms with Gasteiger partial charge in [-0.2, -0.15) is 23.5 Å². The third kappa shape index (κ3) is 11.1. The summed E-state index contributed by atoms with van der Waals surface area (Å²) in [6, 6.07) is 7.95. The molecule has 0 saturated carbocycles. The number of amidine groups is 1. The number of rotatable bonds is 16. The molecule has 0 aromatic carbocycles. The zero-order valence-electron chi connectivity index (χ0n) is 19.0. The summed E-state index contributed by atoms with van der Waals surface area (Å²) in [6.45, 7) is 2.36. The minimum Gasteiger partial charge on any atom is -0.464 e. The smallest absolute Gasteiger partial charge is 0.259 e. The van der Waals surface area contributed by atoms with Gasteiger partial charge in [-0.15, -0.1) is 0 Å². The van der Waals surface area contributed by atoms with Gasteiger partial charge in [-0.3, -0.25) is 15.1 Å². The summed E-state index contributed by atoms with van der Waals surface area (Å²) in [7, 11) is 5.89. The van der Waals surface area contributed by atoms with Crippen LogP contribution in [0.4, 0.5) is 0 Å². The molecule has 0 spiro atoms. The van der Waals surface area contributed by atoms with Crippen LogP contribution >= 0.6 is 23.5 Å². The Hall–Kier alpha value is -1.95. The predicted molar refractivity (Wildman–Crippen MR) is 132 cm³/mol. The molecule has 0 atom stereocenters. The van der Waals surface area contributed by atoms with Crippen LogP contribution < -0.4 is 10.6 Å². The summed E-state index contributed by atoms with van der Waals surface area (Å²) < 4.78 is 11.5. The molecule has 0 aliphatic carbocycles. The molecule has 0 fully saturated rings. The van der Waals surface area contributed by atoms with Crippen molar-refractivity contribution in [2.75, 3.05) is 52.3 Å². The molecule has 2 aromatic rings. The lowest BCUT2D eigenvalue weighted by Gasteiger charge is -2.07. The Morgan fingerprint density at radius 2 is 1.69 bits per heavy atom. The van der Waals surface area contributed by atoms with Crippen molar-refractivity contribution >= 4 is 29.4 Å². The van der Waals surface area contributed by atoms with Crippen LogP contribution in [-0.4, -0.2) is 67.9 Å².